The van der Waals surface area contributed by atoms with Gasteiger partial charge >= 0.3 is 0 Å². The van der Waals surface area contributed by atoms with Crippen molar-refractivity contribution in [3.05, 3.63) is 71.4 Å². The minimum absolute atomic E-state index is 0.194. The minimum atomic E-state index is -4.21. The average molecular weight is 506 g/mol. The van der Waals surface area contributed by atoms with Gasteiger partial charge in [-0.25, -0.2) is 14.7 Å². The Balaban J connectivity index is 1.36. The summed E-state index contributed by atoms with van der Waals surface area (Å²) in [4.78, 5) is 24.0. The summed E-state index contributed by atoms with van der Waals surface area (Å²) in [6.45, 7) is 7.11. The van der Waals surface area contributed by atoms with Crippen LogP contribution < -0.4 is 14.9 Å². The molecule has 2 aromatic heterocycles. The van der Waals surface area contributed by atoms with Crippen molar-refractivity contribution < 1.29 is 13.2 Å². The highest BCUT2D eigenvalue weighted by molar-refractivity contribution is 7.90. The van der Waals surface area contributed by atoms with Crippen LogP contribution >= 0.6 is 0 Å². The summed E-state index contributed by atoms with van der Waals surface area (Å²) >= 11 is 0. The number of hydrogen-bond donors (Lipinski definition) is 2. The molecular formula is C27H31N5O3S. The molecule has 1 aromatic carbocycles. The number of anilines is 3. The maximum Gasteiger partial charge on any atom is 0.281 e. The number of hydrogen-bond acceptors (Lipinski definition) is 7. The van der Waals surface area contributed by atoms with Crippen molar-refractivity contribution in [2.75, 3.05) is 16.8 Å². The van der Waals surface area contributed by atoms with Gasteiger partial charge in [0, 0.05) is 24.0 Å². The Morgan fingerprint density at radius 1 is 1.08 bits per heavy atom. The van der Waals surface area contributed by atoms with E-state index in [2.05, 4.69) is 57.8 Å². The quantitative estimate of drug-likeness (QED) is 0.510. The first-order chi connectivity index (χ1) is 17.1. The fourth-order valence-corrected chi connectivity index (χ4v) is 6.34. The van der Waals surface area contributed by atoms with E-state index in [1.807, 2.05) is 6.07 Å². The molecule has 8 nitrogen and oxygen atoms in total. The van der Waals surface area contributed by atoms with Gasteiger partial charge in [-0.1, -0.05) is 19.1 Å². The number of pyridine rings is 2. The van der Waals surface area contributed by atoms with Crippen LogP contribution in [0.2, 0.25) is 0 Å². The molecule has 1 saturated heterocycles. The van der Waals surface area contributed by atoms with Gasteiger partial charge in [-0.05, 0) is 93.0 Å². The fraction of sp³-hybridized carbons (Fsp3) is 0.370. The van der Waals surface area contributed by atoms with E-state index in [0.29, 0.717) is 17.6 Å². The van der Waals surface area contributed by atoms with Crippen molar-refractivity contribution in [2.45, 2.75) is 57.0 Å². The molecule has 1 unspecified atom stereocenters. The van der Waals surface area contributed by atoms with Gasteiger partial charge in [0.05, 0.1) is 5.56 Å². The Hall–Kier alpha value is -3.46. The third-order valence-electron chi connectivity index (χ3n) is 6.96. The standard InChI is InChI=1S/C27H31N5O3S/c1-18-16-27(2,3)32(17-18)25-22(9-6-14-28-25)26(33)31-36(34,35)24-11-5-10-23(30-24)29-21-13-12-19-7-4-8-20(19)15-21/h5-6,9-15,18H,4,7-8,16-17H2,1-3H3,(H,29,30)(H,31,33). The number of fused-ring (bicyclic) bond motifs is 1. The summed E-state index contributed by atoms with van der Waals surface area (Å²) in [5.41, 5.74) is 3.54. The molecule has 1 aliphatic heterocycles. The lowest BCUT2D eigenvalue weighted by Crippen LogP contribution is -2.41. The predicted octanol–water partition coefficient (Wildman–Crippen LogP) is 4.45. The fourth-order valence-electron chi connectivity index (χ4n) is 5.41. The van der Waals surface area contributed by atoms with E-state index in [1.54, 1.807) is 30.5 Å². The normalized spacial score (nSPS) is 18.6. The smallest absolute Gasteiger partial charge is 0.281 e. The van der Waals surface area contributed by atoms with Gasteiger partial charge in [0.25, 0.3) is 15.9 Å². The number of amides is 1. The van der Waals surface area contributed by atoms with Gasteiger partial charge < -0.3 is 10.2 Å². The molecule has 188 valence electrons. The molecule has 0 bridgehead atoms. The summed E-state index contributed by atoms with van der Waals surface area (Å²) < 4.78 is 28.5. The van der Waals surface area contributed by atoms with Crippen LogP contribution in [0.1, 0.15) is 55.1 Å². The van der Waals surface area contributed by atoms with Crippen molar-refractivity contribution in [3.63, 3.8) is 0 Å². The van der Waals surface area contributed by atoms with Crippen molar-refractivity contribution in [1.29, 1.82) is 0 Å². The van der Waals surface area contributed by atoms with Crippen molar-refractivity contribution in [2.24, 2.45) is 5.92 Å². The van der Waals surface area contributed by atoms with Crippen LogP contribution in [0.25, 0.3) is 0 Å². The number of benzene rings is 1. The molecular weight excluding hydrogens is 474 g/mol. The Morgan fingerprint density at radius 2 is 1.89 bits per heavy atom. The van der Waals surface area contributed by atoms with Gasteiger partial charge in [-0.15, -0.1) is 0 Å². The third-order valence-corrected chi connectivity index (χ3v) is 8.19. The van der Waals surface area contributed by atoms with Crippen LogP contribution in [-0.4, -0.2) is 36.4 Å². The van der Waals surface area contributed by atoms with Crippen molar-refractivity contribution in [1.82, 2.24) is 14.7 Å². The van der Waals surface area contributed by atoms with Gasteiger partial charge in [0.2, 0.25) is 0 Å². The first kappa shape index (κ1) is 24.2. The van der Waals surface area contributed by atoms with Crippen molar-refractivity contribution >= 4 is 33.3 Å². The average Bonchev–Trinajstić information content (AvgIpc) is 3.41. The highest BCUT2D eigenvalue weighted by Crippen LogP contribution is 2.37. The Bertz CT molecular complexity index is 1420. The Labute approximate surface area is 212 Å². The zero-order chi connectivity index (χ0) is 25.5. The third kappa shape index (κ3) is 4.80. The number of sulfonamides is 1. The number of nitrogens with zero attached hydrogens (tertiary/aromatic N) is 3. The van der Waals surface area contributed by atoms with Crippen molar-refractivity contribution in [3.8, 4) is 0 Å². The number of aryl methyl sites for hydroxylation is 2. The molecule has 1 fully saturated rings. The maximum absolute atomic E-state index is 13.2. The molecule has 2 aliphatic rings. The molecule has 36 heavy (non-hydrogen) atoms. The first-order valence-corrected chi connectivity index (χ1v) is 13.8. The predicted molar refractivity (Wildman–Crippen MR) is 140 cm³/mol. The lowest BCUT2D eigenvalue weighted by Gasteiger charge is -2.33. The zero-order valence-corrected chi connectivity index (χ0v) is 21.6. The van der Waals surface area contributed by atoms with E-state index in [-0.39, 0.29) is 16.1 Å². The molecule has 9 heteroatoms. The molecule has 5 rings (SSSR count). The van der Waals surface area contributed by atoms with Crippen LogP contribution in [0.4, 0.5) is 17.3 Å². The molecule has 1 amide bonds. The van der Waals surface area contributed by atoms with E-state index in [1.165, 1.54) is 17.2 Å². The summed E-state index contributed by atoms with van der Waals surface area (Å²) in [7, 11) is -4.21. The highest BCUT2D eigenvalue weighted by Gasteiger charge is 2.39. The molecule has 0 radical (unpaired) electrons. The summed E-state index contributed by atoms with van der Waals surface area (Å²) in [6, 6.07) is 14.1. The monoisotopic (exact) mass is 505 g/mol. The second-order valence-electron chi connectivity index (χ2n) is 10.4. The molecule has 1 aliphatic carbocycles. The van der Waals surface area contributed by atoms with Crippen LogP contribution in [0, 0.1) is 5.92 Å². The lowest BCUT2D eigenvalue weighted by molar-refractivity contribution is 0.0981. The van der Waals surface area contributed by atoms with Crippen LogP contribution in [0.3, 0.4) is 0 Å². The number of aromatic nitrogens is 2. The second-order valence-corrected chi connectivity index (χ2v) is 12.0. The topological polar surface area (TPSA) is 104 Å². The largest absolute Gasteiger partial charge is 0.351 e. The van der Waals surface area contributed by atoms with E-state index in [0.717, 1.165) is 37.9 Å². The number of nitrogens with one attached hydrogen (secondary N) is 2. The van der Waals surface area contributed by atoms with Crippen LogP contribution in [0.5, 0.6) is 0 Å². The van der Waals surface area contributed by atoms with Crippen LogP contribution in [-0.2, 0) is 22.9 Å². The van der Waals surface area contributed by atoms with E-state index in [4.69, 9.17) is 0 Å². The number of carbonyl (C=O) groups excluding carboxylic acids is 1. The summed E-state index contributed by atoms with van der Waals surface area (Å²) in [5, 5.41) is 2.95. The van der Waals surface area contributed by atoms with E-state index < -0.39 is 15.9 Å². The van der Waals surface area contributed by atoms with E-state index in [9.17, 15) is 13.2 Å². The molecule has 2 N–H and O–H groups in total. The summed E-state index contributed by atoms with van der Waals surface area (Å²) in [6.07, 6.45) is 5.86. The maximum atomic E-state index is 13.2. The molecule has 3 aromatic rings. The lowest BCUT2D eigenvalue weighted by atomic mass is 9.97. The molecule has 0 spiro atoms. The van der Waals surface area contributed by atoms with Gasteiger partial charge in [0.15, 0.2) is 5.03 Å². The van der Waals surface area contributed by atoms with E-state index >= 15 is 0 Å². The number of rotatable bonds is 6. The van der Waals surface area contributed by atoms with Gasteiger partial charge in [-0.3, -0.25) is 4.79 Å². The molecule has 3 heterocycles. The molecule has 1 atom stereocenters. The first-order valence-electron chi connectivity index (χ1n) is 12.3. The number of carbonyl (C=O) groups is 1. The molecule has 0 saturated carbocycles. The zero-order valence-electron chi connectivity index (χ0n) is 20.8. The second kappa shape index (κ2) is 9.20. The van der Waals surface area contributed by atoms with Crippen LogP contribution in [0.15, 0.2) is 59.8 Å². The van der Waals surface area contributed by atoms with Gasteiger partial charge in [0.1, 0.15) is 11.6 Å². The Morgan fingerprint density at radius 3 is 2.67 bits per heavy atom. The Kier molecular flexibility index (Phi) is 6.20. The van der Waals surface area contributed by atoms with Gasteiger partial charge in [-0.2, -0.15) is 8.42 Å². The summed E-state index contributed by atoms with van der Waals surface area (Å²) in [5.74, 6) is 0.580. The highest BCUT2D eigenvalue weighted by atomic mass is 32.2. The minimum Gasteiger partial charge on any atom is -0.351 e. The SMILES string of the molecule is CC1CN(c2ncccc2C(=O)NS(=O)(=O)c2cccc(Nc3ccc4c(c3)CCC4)n2)C(C)(C)C1.